The highest BCUT2D eigenvalue weighted by Gasteiger charge is 2.16. The second-order valence-corrected chi connectivity index (χ2v) is 5.61. The molecule has 0 amide bonds. The monoisotopic (exact) mass is 378 g/mol. The molecule has 3 rings (SSSR count). The molecule has 0 fully saturated rings. The topological polar surface area (TPSA) is 44.8 Å². The predicted octanol–water partition coefficient (Wildman–Crippen LogP) is 4.07. The van der Waals surface area contributed by atoms with E-state index < -0.39 is 11.8 Å². The minimum Gasteiger partial charge on any atom is -0.458 e. The van der Waals surface area contributed by atoms with Crippen molar-refractivity contribution in [2.75, 3.05) is 6.79 Å². The van der Waals surface area contributed by atoms with E-state index in [1.807, 2.05) is 0 Å². The van der Waals surface area contributed by atoms with Crippen molar-refractivity contribution in [1.29, 1.82) is 0 Å². The summed E-state index contributed by atoms with van der Waals surface area (Å²) in [6, 6.07) is 9.70. The average Bonchev–Trinajstić information content (AvgIpc) is 2.99. The Balaban J connectivity index is 1.62. The van der Waals surface area contributed by atoms with E-state index in [4.69, 9.17) is 14.2 Å². The van der Waals surface area contributed by atoms with Gasteiger partial charge in [0.2, 0.25) is 6.79 Å². The second-order valence-electron chi connectivity index (χ2n) is 4.76. The first-order valence-corrected chi connectivity index (χ1v) is 7.60. The van der Waals surface area contributed by atoms with Gasteiger partial charge in [0.25, 0.3) is 0 Å². The molecule has 0 saturated heterocycles. The van der Waals surface area contributed by atoms with Crippen molar-refractivity contribution in [3.05, 3.63) is 63.9 Å². The highest BCUT2D eigenvalue weighted by atomic mass is 79.9. The van der Waals surface area contributed by atoms with Gasteiger partial charge in [0, 0.05) is 21.7 Å². The van der Waals surface area contributed by atoms with Gasteiger partial charge < -0.3 is 14.2 Å². The van der Waals surface area contributed by atoms with Gasteiger partial charge in [-0.3, -0.25) is 0 Å². The lowest BCUT2D eigenvalue weighted by atomic mass is 10.2. The first-order chi connectivity index (χ1) is 11.1. The summed E-state index contributed by atoms with van der Waals surface area (Å²) in [6.45, 7) is 0.244. The first kappa shape index (κ1) is 15.6. The second kappa shape index (κ2) is 6.83. The van der Waals surface area contributed by atoms with E-state index in [1.165, 1.54) is 18.2 Å². The fourth-order valence-corrected chi connectivity index (χ4v) is 2.47. The van der Waals surface area contributed by atoms with Crippen LogP contribution in [-0.4, -0.2) is 12.8 Å². The molecule has 0 spiro atoms. The molecule has 0 aromatic heterocycles. The molecular weight excluding hydrogens is 367 g/mol. The van der Waals surface area contributed by atoms with Crippen LogP contribution in [0.15, 0.2) is 46.9 Å². The predicted molar refractivity (Wildman–Crippen MR) is 85.5 cm³/mol. The number of rotatable bonds is 4. The minimum absolute atomic E-state index is 0.0671. The van der Waals surface area contributed by atoms with E-state index in [0.717, 1.165) is 10.0 Å². The Hall–Kier alpha value is -2.34. The molecule has 0 bridgehead atoms. The number of halogens is 2. The summed E-state index contributed by atoms with van der Waals surface area (Å²) in [4.78, 5) is 11.7. The molecule has 0 saturated carbocycles. The van der Waals surface area contributed by atoms with E-state index in [2.05, 4.69) is 15.9 Å². The molecule has 2 aromatic carbocycles. The molecule has 4 nitrogen and oxygen atoms in total. The standard InChI is InChI=1S/C17H12BrFO4/c18-13-8-16-15(22-10-23-16)7-12(13)9-21-17(20)6-5-11-3-1-2-4-14(11)19/h1-8H,9-10H2/b6-5+. The van der Waals surface area contributed by atoms with Crippen LogP contribution in [0.2, 0.25) is 0 Å². The Kier molecular flexibility index (Phi) is 4.62. The van der Waals surface area contributed by atoms with Crippen molar-refractivity contribution >= 4 is 28.0 Å². The largest absolute Gasteiger partial charge is 0.458 e. The van der Waals surface area contributed by atoms with Gasteiger partial charge in [0.1, 0.15) is 12.4 Å². The van der Waals surface area contributed by atoms with Crippen LogP contribution in [0.4, 0.5) is 4.39 Å². The third-order valence-electron chi connectivity index (χ3n) is 3.22. The van der Waals surface area contributed by atoms with Crippen molar-refractivity contribution in [1.82, 2.24) is 0 Å². The fraction of sp³-hybridized carbons (Fsp3) is 0.118. The first-order valence-electron chi connectivity index (χ1n) is 6.81. The van der Waals surface area contributed by atoms with Crippen LogP contribution in [0.3, 0.4) is 0 Å². The maximum atomic E-state index is 13.4. The van der Waals surface area contributed by atoms with Crippen molar-refractivity contribution < 1.29 is 23.4 Å². The molecule has 23 heavy (non-hydrogen) atoms. The van der Waals surface area contributed by atoms with Crippen LogP contribution in [0, 0.1) is 5.82 Å². The maximum absolute atomic E-state index is 13.4. The molecule has 0 unspecified atom stereocenters. The Morgan fingerprint density at radius 2 is 2.00 bits per heavy atom. The lowest BCUT2D eigenvalue weighted by molar-refractivity contribution is -0.138. The highest BCUT2D eigenvalue weighted by Crippen LogP contribution is 2.37. The van der Waals surface area contributed by atoms with Gasteiger partial charge in [-0.1, -0.05) is 34.1 Å². The molecule has 0 N–H and O–H groups in total. The van der Waals surface area contributed by atoms with Crippen LogP contribution in [0.25, 0.3) is 6.08 Å². The Morgan fingerprint density at radius 3 is 2.78 bits per heavy atom. The van der Waals surface area contributed by atoms with Gasteiger partial charge in [-0.05, 0) is 24.3 Å². The number of esters is 1. The summed E-state index contributed by atoms with van der Waals surface area (Å²) < 4.78 is 29.9. The van der Waals surface area contributed by atoms with Crippen LogP contribution in [0.1, 0.15) is 11.1 Å². The molecule has 0 aliphatic carbocycles. The van der Waals surface area contributed by atoms with E-state index >= 15 is 0 Å². The summed E-state index contributed by atoms with van der Waals surface area (Å²) >= 11 is 3.39. The molecule has 1 heterocycles. The van der Waals surface area contributed by atoms with E-state index in [0.29, 0.717) is 17.1 Å². The van der Waals surface area contributed by atoms with Crippen molar-refractivity contribution in [2.24, 2.45) is 0 Å². The number of hydrogen-bond acceptors (Lipinski definition) is 4. The maximum Gasteiger partial charge on any atom is 0.331 e. The van der Waals surface area contributed by atoms with Crippen LogP contribution in [-0.2, 0) is 16.1 Å². The van der Waals surface area contributed by atoms with Crippen LogP contribution >= 0.6 is 15.9 Å². The van der Waals surface area contributed by atoms with E-state index in [-0.39, 0.29) is 13.4 Å². The lowest BCUT2D eigenvalue weighted by Crippen LogP contribution is -2.01. The van der Waals surface area contributed by atoms with Crippen LogP contribution < -0.4 is 9.47 Å². The van der Waals surface area contributed by atoms with Gasteiger partial charge in [0.05, 0.1) is 0 Å². The van der Waals surface area contributed by atoms with E-state index in [9.17, 15) is 9.18 Å². The Bertz CT molecular complexity index is 773. The number of carbonyl (C=O) groups is 1. The molecule has 1 aliphatic rings. The highest BCUT2D eigenvalue weighted by molar-refractivity contribution is 9.10. The average molecular weight is 379 g/mol. The fourth-order valence-electron chi connectivity index (χ4n) is 2.03. The zero-order valence-electron chi connectivity index (χ0n) is 11.9. The molecule has 0 atom stereocenters. The summed E-state index contributed by atoms with van der Waals surface area (Å²) in [5.74, 6) is 0.306. The van der Waals surface area contributed by atoms with E-state index in [1.54, 1.807) is 30.3 Å². The van der Waals surface area contributed by atoms with Gasteiger partial charge in [-0.25, -0.2) is 9.18 Å². The summed E-state index contributed by atoms with van der Waals surface area (Å²) in [5, 5.41) is 0. The summed E-state index contributed by atoms with van der Waals surface area (Å²) in [6.07, 6.45) is 2.58. The zero-order valence-corrected chi connectivity index (χ0v) is 13.5. The van der Waals surface area contributed by atoms with Gasteiger partial charge in [-0.15, -0.1) is 0 Å². The SMILES string of the molecule is O=C(/C=C/c1ccccc1F)OCc1cc2c(cc1Br)OCO2. The molecule has 2 aromatic rings. The Labute approximate surface area is 140 Å². The molecule has 118 valence electrons. The summed E-state index contributed by atoms with van der Waals surface area (Å²) in [5.41, 5.74) is 1.08. The van der Waals surface area contributed by atoms with Crippen molar-refractivity contribution in [2.45, 2.75) is 6.61 Å². The van der Waals surface area contributed by atoms with Crippen molar-refractivity contribution in [3.8, 4) is 11.5 Å². The van der Waals surface area contributed by atoms with Crippen molar-refractivity contribution in [3.63, 3.8) is 0 Å². The number of benzene rings is 2. The summed E-state index contributed by atoms with van der Waals surface area (Å²) in [7, 11) is 0. The normalized spacial score (nSPS) is 12.6. The van der Waals surface area contributed by atoms with Crippen LogP contribution in [0.5, 0.6) is 11.5 Å². The number of ether oxygens (including phenoxy) is 3. The quantitative estimate of drug-likeness (QED) is 0.594. The Morgan fingerprint density at radius 1 is 1.26 bits per heavy atom. The lowest BCUT2D eigenvalue weighted by Gasteiger charge is -2.06. The van der Waals surface area contributed by atoms with Gasteiger partial charge in [0.15, 0.2) is 11.5 Å². The number of hydrogen-bond donors (Lipinski definition) is 0. The molecular formula is C17H12BrFO4. The minimum atomic E-state index is -0.558. The molecule has 0 radical (unpaired) electrons. The smallest absolute Gasteiger partial charge is 0.331 e. The third-order valence-corrected chi connectivity index (χ3v) is 3.95. The third kappa shape index (κ3) is 3.71. The number of carbonyl (C=O) groups excluding carboxylic acids is 1. The van der Waals surface area contributed by atoms with Gasteiger partial charge in [-0.2, -0.15) is 0 Å². The molecule has 1 aliphatic heterocycles. The number of fused-ring (bicyclic) bond motifs is 1. The molecule has 6 heteroatoms. The zero-order chi connectivity index (χ0) is 16.2. The van der Waals surface area contributed by atoms with Gasteiger partial charge >= 0.3 is 5.97 Å².